The van der Waals surface area contributed by atoms with Crippen LogP contribution < -0.4 is 31.8 Å². The molecular weight excluding hydrogens is 950 g/mol. The summed E-state index contributed by atoms with van der Waals surface area (Å²) in [4.78, 5) is 7.25. The molecule has 0 aromatic heterocycles. The number of nitrogens with zero attached hydrogens (tertiary/aromatic N) is 1. The number of halogens is 3. The van der Waals surface area contributed by atoms with E-state index in [9.17, 15) is 0 Å². The molecule has 0 fully saturated rings. The molecule has 0 unspecified atom stereocenters. The van der Waals surface area contributed by atoms with E-state index in [1.165, 1.54) is 31.8 Å². The van der Waals surface area contributed by atoms with Gasteiger partial charge in [0.15, 0.2) is 0 Å². The van der Waals surface area contributed by atoms with E-state index in [2.05, 4.69) is 222 Å². The standard InChI is InChI=1S/2C18H15P.3BrH.NO.Re/c2*1-4-10-16(11-5-1)19(17-12-6-2-7-13-17)18-14-8-3-9-15-18;;;;1-2;/h2*1-15H;3*1H;;/q;;;;;-1;+3/p-1. The molecule has 2 nitrogen and oxygen atoms in total. The van der Waals surface area contributed by atoms with Crippen LogP contribution in [0.15, 0.2) is 182 Å². The second kappa shape index (κ2) is 21.6. The summed E-state index contributed by atoms with van der Waals surface area (Å²) in [6.07, 6.45) is 0. The fraction of sp³-hybridized carbons (Fsp3) is 0. The summed E-state index contributed by atoms with van der Waals surface area (Å²) in [5.74, 6) is 0. The Bertz CT molecular complexity index is 1260. The van der Waals surface area contributed by atoms with Crippen molar-refractivity contribution in [2.24, 2.45) is 0 Å². The summed E-state index contributed by atoms with van der Waals surface area (Å²) >= 11 is 9.87. The number of hydrogen-bond donors (Lipinski definition) is 0. The fourth-order valence-corrected chi connectivity index (χ4v) is 9.78. The molecular formula is C36H32Br3NOP2Re+. The Balaban J connectivity index is 0.000000205. The molecule has 0 bridgehead atoms. The van der Waals surface area contributed by atoms with Gasteiger partial charge in [0.25, 0.3) is 0 Å². The first-order chi connectivity index (χ1) is 21.6. The fourth-order valence-electron chi connectivity index (χ4n) is 4.63. The van der Waals surface area contributed by atoms with Crippen molar-refractivity contribution in [1.82, 2.24) is 0 Å². The van der Waals surface area contributed by atoms with Gasteiger partial charge in [0.2, 0.25) is 0 Å². The molecule has 0 saturated heterocycles. The molecule has 0 atom stereocenters. The first-order valence-electron chi connectivity index (χ1n) is 13.6. The van der Waals surface area contributed by atoms with E-state index < -0.39 is 26.6 Å². The molecule has 0 aliphatic carbocycles. The molecule has 0 radical (unpaired) electrons. The predicted molar refractivity (Wildman–Crippen MR) is 207 cm³/mol. The minimum absolute atomic E-state index is 0.877. The quantitative estimate of drug-likeness (QED) is 0.154. The van der Waals surface area contributed by atoms with Crippen molar-refractivity contribution in [3.05, 3.63) is 192 Å². The van der Waals surface area contributed by atoms with Crippen LogP contribution in [0.3, 0.4) is 0 Å². The monoisotopic (exact) mass is 980 g/mol. The summed E-state index contributed by atoms with van der Waals surface area (Å²) in [5, 5.41) is 8.61. The Morgan fingerprint density at radius 3 is 0.545 bits per heavy atom. The first-order valence-corrected chi connectivity index (χ1v) is 34.4. The second-order valence-corrected chi connectivity index (χ2v) is 49.7. The van der Waals surface area contributed by atoms with Gasteiger partial charge in [0.1, 0.15) is 31.8 Å². The average molecular weight is 983 g/mol. The average Bonchev–Trinajstić information content (AvgIpc) is 3.09. The molecule has 0 aliphatic heterocycles. The molecule has 0 amide bonds. The van der Waals surface area contributed by atoms with Gasteiger partial charge in [-0.05, 0) is 72.8 Å². The van der Waals surface area contributed by atoms with E-state index in [1.807, 2.05) is 0 Å². The molecule has 0 spiro atoms. The largest absolute Gasteiger partial charge is 0.577 e. The van der Waals surface area contributed by atoms with E-state index in [0.29, 0.717) is 0 Å². The Kier molecular flexibility index (Phi) is 17.8. The smallest absolute Gasteiger partial charge is 0.102 e. The van der Waals surface area contributed by atoms with E-state index in [4.69, 9.17) is 10.5 Å². The van der Waals surface area contributed by atoms with Gasteiger partial charge in [-0.2, -0.15) is 0 Å². The Morgan fingerprint density at radius 2 is 0.432 bits per heavy atom. The van der Waals surface area contributed by atoms with Crippen LogP contribution in [0.25, 0.3) is 5.59 Å². The predicted octanol–water partition coefficient (Wildman–Crippen LogP) is 9.21. The van der Waals surface area contributed by atoms with Crippen LogP contribution in [-0.4, -0.2) is 0 Å². The van der Waals surface area contributed by atoms with E-state index >= 15 is 0 Å². The number of hydrogen-bond acceptors (Lipinski definition) is 1. The Hall–Kier alpha value is -2.12. The van der Waals surface area contributed by atoms with E-state index in [0.717, 1.165) is 0 Å². The third-order valence-corrected chi connectivity index (χ3v) is 11.8. The molecule has 6 aromatic carbocycles. The zero-order valence-corrected chi connectivity index (χ0v) is 33.2. The maximum Gasteiger partial charge on any atom is 0.102 e. The SMILES string of the molecule is [Br][Re]([Br])[Br].[N-]=O.c1ccc([PH+](c2ccccc2)c2ccccc2)cc1.c1ccc([PH+](c2ccccc2)c2ccccc2)cc1. The van der Waals surface area contributed by atoms with Crippen molar-refractivity contribution in [2.75, 3.05) is 0 Å². The topological polar surface area (TPSA) is 39.4 Å². The van der Waals surface area contributed by atoms with Crippen LogP contribution >= 0.6 is 56.1 Å². The van der Waals surface area contributed by atoms with Gasteiger partial charge < -0.3 is 10.5 Å². The molecule has 44 heavy (non-hydrogen) atoms. The number of nitroso groups, excluding NO2 is 1. The van der Waals surface area contributed by atoms with Gasteiger partial charge >= 0.3 is 51.0 Å². The maximum atomic E-state index is 7.25. The molecule has 0 aliphatic rings. The maximum absolute atomic E-state index is 7.25. The van der Waals surface area contributed by atoms with Crippen molar-refractivity contribution < 1.29 is 10.7 Å². The van der Waals surface area contributed by atoms with Crippen molar-refractivity contribution in [3.63, 3.8) is 0 Å². The molecule has 224 valence electrons. The van der Waals surface area contributed by atoms with Crippen LogP contribution in [-0.2, 0) is 10.7 Å². The van der Waals surface area contributed by atoms with E-state index in [-0.39, 0.29) is 0 Å². The summed E-state index contributed by atoms with van der Waals surface area (Å²) in [5.41, 5.74) is 5.75. The second-order valence-electron chi connectivity index (χ2n) is 9.11. The zero-order chi connectivity index (χ0) is 31.4. The van der Waals surface area contributed by atoms with Gasteiger partial charge in [0.05, 0.1) is 15.8 Å². The van der Waals surface area contributed by atoms with Crippen LogP contribution in [0.4, 0.5) is 0 Å². The summed E-state index contributed by atoms with van der Waals surface area (Å²) in [7, 11) is -2.78. The van der Waals surface area contributed by atoms with Gasteiger partial charge in [0, 0.05) is 0 Å². The summed E-state index contributed by atoms with van der Waals surface area (Å²) < 4.78 is 0. The Labute approximate surface area is 288 Å². The van der Waals surface area contributed by atoms with Crippen molar-refractivity contribution in [1.29, 1.82) is 0 Å². The minimum atomic E-state index is -1.03. The molecule has 0 N–H and O–H groups in total. The van der Waals surface area contributed by atoms with Gasteiger partial charge in [-0.3, -0.25) is 0 Å². The number of rotatable bonds is 6. The van der Waals surface area contributed by atoms with Gasteiger partial charge in [-0.15, -0.1) is 0 Å². The first kappa shape index (κ1) is 36.4. The van der Waals surface area contributed by atoms with Crippen molar-refractivity contribution >= 4 is 88.0 Å². The van der Waals surface area contributed by atoms with E-state index in [1.54, 1.807) is 0 Å². The van der Waals surface area contributed by atoms with Gasteiger partial charge in [-0.1, -0.05) is 109 Å². The third kappa shape index (κ3) is 12.3. The Morgan fingerprint density at radius 1 is 0.318 bits per heavy atom. The van der Waals surface area contributed by atoms with Gasteiger partial charge in [-0.25, -0.2) is 0 Å². The van der Waals surface area contributed by atoms with Crippen LogP contribution in [0.1, 0.15) is 0 Å². The summed E-state index contributed by atoms with van der Waals surface area (Å²) in [6.45, 7) is 0. The zero-order valence-electron chi connectivity index (χ0n) is 23.7. The normalized spacial score (nSPS) is 10.2. The van der Waals surface area contributed by atoms with Crippen molar-refractivity contribution in [2.45, 2.75) is 0 Å². The molecule has 8 heteroatoms. The van der Waals surface area contributed by atoms with Crippen LogP contribution in [0.2, 0.25) is 0 Å². The summed E-state index contributed by atoms with van der Waals surface area (Å²) in [6, 6.07) is 65.0. The molecule has 6 rings (SSSR count). The molecule has 0 saturated carbocycles. The van der Waals surface area contributed by atoms with Crippen LogP contribution in [0.5, 0.6) is 0 Å². The number of benzene rings is 6. The minimum Gasteiger partial charge on any atom is -0.577 e. The van der Waals surface area contributed by atoms with Crippen molar-refractivity contribution in [3.8, 4) is 0 Å². The molecule has 6 aromatic rings. The molecule has 0 heterocycles. The van der Waals surface area contributed by atoms with Crippen LogP contribution in [0, 0.1) is 4.91 Å². The third-order valence-electron chi connectivity index (χ3n) is 6.37.